The van der Waals surface area contributed by atoms with Gasteiger partial charge in [0.05, 0.1) is 6.10 Å². The molecule has 2 atom stereocenters. The monoisotopic (exact) mass is 344 g/mol. The highest BCUT2D eigenvalue weighted by Crippen LogP contribution is 2.42. The molecule has 132 valence electrons. The van der Waals surface area contributed by atoms with Crippen molar-refractivity contribution in [1.82, 2.24) is 0 Å². The van der Waals surface area contributed by atoms with Crippen LogP contribution in [0.5, 0.6) is 0 Å². The van der Waals surface area contributed by atoms with Crippen molar-refractivity contribution in [3.05, 3.63) is 58.2 Å². The SMILES string of the molecule is CC1=C(C=CPC=CC2=C(C)C[C@@H](O)CC2(C)C)C(C)(C)CC=C1. The van der Waals surface area contributed by atoms with Crippen LogP contribution in [0.3, 0.4) is 0 Å². The summed E-state index contributed by atoms with van der Waals surface area (Å²) in [6, 6.07) is 0. The molecule has 0 aromatic rings. The highest BCUT2D eigenvalue weighted by atomic mass is 31.1. The number of allylic oxidation sites excluding steroid dienone is 7. The maximum absolute atomic E-state index is 9.98. The maximum Gasteiger partial charge on any atom is 0.0585 e. The molecule has 0 heterocycles. The van der Waals surface area contributed by atoms with Crippen LogP contribution in [0, 0.1) is 10.8 Å². The van der Waals surface area contributed by atoms with Gasteiger partial charge in [0.15, 0.2) is 0 Å². The Kier molecular flexibility index (Phi) is 6.10. The fourth-order valence-electron chi connectivity index (χ4n) is 4.12. The van der Waals surface area contributed by atoms with Crippen LogP contribution in [-0.4, -0.2) is 11.2 Å². The first-order valence-electron chi connectivity index (χ1n) is 8.99. The van der Waals surface area contributed by atoms with Crippen molar-refractivity contribution < 1.29 is 5.11 Å². The van der Waals surface area contributed by atoms with E-state index in [1.807, 2.05) is 0 Å². The topological polar surface area (TPSA) is 20.2 Å². The van der Waals surface area contributed by atoms with E-state index in [-0.39, 0.29) is 16.9 Å². The Morgan fingerprint density at radius 2 is 1.67 bits per heavy atom. The minimum absolute atomic E-state index is 0.0711. The lowest BCUT2D eigenvalue weighted by atomic mass is 9.72. The smallest absolute Gasteiger partial charge is 0.0585 e. The Bertz CT molecular complexity index is 626. The normalized spacial score (nSPS) is 27.4. The van der Waals surface area contributed by atoms with Gasteiger partial charge in [-0.1, -0.05) is 77.8 Å². The Labute approximate surface area is 150 Å². The van der Waals surface area contributed by atoms with Crippen LogP contribution in [0.2, 0.25) is 0 Å². The van der Waals surface area contributed by atoms with Crippen LogP contribution < -0.4 is 0 Å². The second-order valence-electron chi connectivity index (χ2n) is 8.56. The van der Waals surface area contributed by atoms with Gasteiger partial charge in [0, 0.05) is 0 Å². The maximum atomic E-state index is 9.98. The third-order valence-corrected chi connectivity index (χ3v) is 6.04. The first-order chi connectivity index (χ1) is 11.1. The summed E-state index contributed by atoms with van der Waals surface area (Å²) >= 11 is 0. The molecular formula is C22H33OP. The van der Waals surface area contributed by atoms with Crippen molar-refractivity contribution in [3.63, 3.8) is 0 Å². The molecule has 2 heteroatoms. The third-order valence-electron chi connectivity index (χ3n) is 5.32. The molecule has 2 aliphatic carbocycles. The summed E-state index contributed by atoms with van der Waals surface area (Å²) in [6.45, 7) is 13.5. The van der Waals surface area contributed by atoms with E-state index < -0.39 is 0 Å². The van der Waals surface area contributed by atoms with Crippen LogP contribution in [0.25, 0.3) is 0 Å². The fraction of sp³-hybridized carbons (Fsp3) is 0.545. The predicted octanol–water partition coefficient (Wildman–Crippen LogP) is 6.49. The van der Waals surface area contributed by atoms with E-state index in [4.69, 9.17) is 0 Å². The van der Waals surface area contributed by atoms with E-state index in [0.717, 1.165) is 19.3 Å². The second-order valence-corrected chi connectivity index (χ2v) is 9.56. The van der Waals surface area contributed by atoms with Crippen LogP contribution in [0.4, 0.5) is 0 Å². The Balaban J connectivity index is 2.05. The van der Waals surface area contributed by atoms with Gasteiger partial charge in [-0.05, 0) is 60.7 Å². The van der Waals surface area contributed by atoms with Gasteiger partial charge in [-0.3, -0.25) is 0 Å². The molecule has 0 bridgehead atoms. The molecule has 0 fully saturated rings. The molecule has 1 unspecified atom stereocenters. The van der Waals surface area contributed by atoms with Crippen molar-refractivity contribution >= 4 is 8.58 Å². The molecule has 0 saturated carbocycles. The van der Waals surface area contributed by atoms with E-state index in [0.29, 0.717) is 8.58 Å². The molecule has 2 aliphatic rings. The average Bonchev–Trinajstić information content (AvgIpc) is 2.42. The number of hydrogen-bond donors (Lipinski definition) is 1. The molecule has 0 amide bonds. The van der Waals surface area contributed by atoms with Crippen LogP contribution >= 0.6 is 8.58 Å². The van der Waals surface area contributed by atoms with Crippen molar-refractivity contribution in [2.24, 2.45) is 10.8 Å². The molecule has 1 nitrogen and oxygen atoms in total. The summed E-state index contributed by atoms with van der Waals surface area (Å²) < 4.78 is 0. The van der Waals surface area contributed by atoms with Gasteiger partial charge in [-0.25, -0.2) is 0 Å². The molecule has 2 rings (SSSR count). The first kappa shape index (κ1) is 19.4. The highest BCUT2D eigenvalue weighted by molar-refractivity contribution is 7.45. The van der Waals surface area contributed by atoms with Crippen molar-refractivity contribution in [2.45, 2.75) is 66.9 Å². The van der Waals surface area contributed by atoms with E-state index >= 15 is 0 Å². The summed E-state index contributed by atoms with van der Waals surface area (Å²) in [5.41, 5.74) is 5.90. The highest BCUT2D eigenvalue weighted by Gasteiger charge is 2.31. The molecule has 0 saturated heterocycles. The summed E-state index contributed by atoms with van der Waals surface area (Å²) in [5.74, 6) is 4.59. The van der Waals surface area contributed by atoms with Crippen molar-refractivity contribution in [1.29, 1.82) is 0 Å². The van der Waals surface area contributed by atoms with Gasteiger partial charge in [0.2, 0.25) is 0 Å². The average molecular weight is 344 g/mol. The van der Waals surface area contributed by atoms with Gasteiger partial charge in [0.25, 0.3) is 0 Å². The standard InChI is InChI=1S/C22H33OP/c1-16-8-7-11-21(3,4)19(16)9-12-24-13-10-20-17(2)14-18(23)15-22(20,5)6/h7-10,12-13,18,23-24H,11,14-15H2,1-6H3/t18-/m1/s1. The van der Waals surface area contributed by atoms with Crippen molar-refractivity contribution in [2.75, 3.05) is 0 Å². The Morgan fingerprint density at radius 3 is 2.25 bits per heavy atom. The number of aliphatic hydroxyl groups excluding tert-OH is 1. The summed E-state index contributed by atoms with van der Waals surface area (Å²) in [6.07, 6.45) is 11.7. The van der Waals surface area contributed by atoms with E-state index in [1.165, 1.54) is 22.3 Å². The summed E-state index contributed by atoms with van der Waals surface area (Å²) in [5, 5.41) is 9.98. The van der Waals surface area contributed by atoms with Gasteiger partial charge in [-0.15, -0.1) is 0 Å². The van der Waals surface area contributed by atoms with Crippen LogP contribution in [0.15, 0.2) is 58.2 Å². The Morgan fingerprint density at radius 1 is 1.04 bits per heavy atom. The minimum Gasteiger partial charge on any atom is -0.393 e. The van der Waals surface area contributed by atoms with E-state index in [2.05, 4.69) is 77.5 Å². The first-order valence-corrected chi connectivity index (χ1v) is 10.1. The van der Waals surface area contributed by atoms with Gasteiger partial charge < -0.3 is 5.11 Å². The van der Waals surface area contributed by atoms with Crippen LogP contribution in [0.1, 0.15) is 60.8 Å². The lowest BCUT2D eigenvalue weighted by Crippen LogP contribution is -2.28. The lowest BCUT2D eigenvalue weighted by molar-refractivity contribution is 0.116. The molecule has 0 aromatic heterocycles. The fourth-order valence-corrected chi connectivity index (χ4v) is 4.76. The van der Waals surface area contributed by atoms with E-state index in [9.17, 15) is 5.11 Å². The van der Waals surface area contributed by atoms with Crippen LogP contribution in [-0.2, 0) is 0 Å². The minimum atomic E-state index is -0.184. The summed E-state index contributed by atoms with van der Waals surface area (Å²) in [4.78, 5) is 0. The number of aliphatic hydroxyl groups is 1. The Hall–Kier alpha value is -0.910. The zero-order chi connectivity index (χ0) is 18.0. The van der Waals surface area contributed by atoms with Crippen molar-refractivity contribution in [3.8, 4) is 0 Å². The molecular weight excluding hydrogens is 311 g/mol. The number of rotatable bonds is 4. The molecule has 0 radical (unpaired) electrons. The molecule has 0 aromatic carbocycles. The largest absolute Gasteiger partial charge is 0.393 e. The predicted molar refractivity (Wildman–Crippen MR) is 109 cm³/mol. The molecule has 0 aliphatic heterocycles. The van der Waals surface area contributed by atoms with Gasteiger partial charge in [0.1, 0.15) is 0 Å². The summed E-state index contributed by atoms with van der Waals surface area (Å²) in [7, 11) is 0.690. The quantitative estimate of drug-likeness (QED) is 0.578. The zero-order valence-electron chi connectivity index (χ0n) is 16.1. The molecule has 24 heavy (non-hydrogen) atoms. The second kappa shape index (κ2) is 7.54. The van der Waals surface area contributed by atoms with Gasteiger partial charge >= 0.3 is 0 Å². The number of hydrogen-bond acceptors (Lipinski definition) is 1. The zero-order valence-corrected chi connectivity index (χ0v) is 17.1. The molecule has 0 spiro atoms. The lowest BCUT2D eigenvalue weighted by Gasteiger charge is -2.35. The van der Waals surface area contributed by atoms with Gasteiger partial charge in [-0.2, -0.15) is 0 Å². The molecule has 1 N–H and O–H groups in total. The van der Waals surface area contributed by atoms with E-state index in [1.54, 1.807) is 0 Å². The third kappa shape index (κ3) is 4.58.